The topological polar surface area (TPSA) is 41.1 Å². The average molecular weight is 287 g/mol. The first kappa shape index (κ1) is 15.9. The summed E-state index contributed by atoms with van der Waals surface area (Å²) < 4.78 is 13.3. The van der Waals surface area contributed by atoms with E-state index in [1.54, 1.807) is 13.0 Å². The van der Waals surface area contributed by atoms with Crippen LogP contribution < -0.4 is 10.6 Å². The van der Waals surface area contributed by atoms with Gasteiger partial charge in [0.2, 0.25) is 5.91 Å². The third-order valence-corrected chi connectivity index (χ3v) is 3.64. The van der Waals surface area contributed by atoms with Gasteiger partial charge in [0.15, 0.2) is 0 Å². The molecule has 2 N–H and O–H groups in total. The Kier molecular flexibility index (Phi) is 5.76. The SMILES string of the molecule is Cc1ccc(CNC(=O)C(C)C2CNC2)cc1F.Cl. The maximum atomic E-state index is 13.3. The van der Waals surface area contributed by atoms with Crippen molar-refractivity contribution in [3.63, 3.8) is 0 Å². The first-order valence-corrected chi connectivity index (χ1v) is 6.31. The summed E-state index contributed by atoms with van der Waals surface area (Å²) >= 11 is 0. The maximum Gasteiger partial charge on any atom is 0.223 e. The number of nitrogens with one attached hydrogen (secondary N) is 2. The standard InChI is InChI=1S/C14H19FN2O.ClH/c1-9-3-4-11(5-13(9)15)6-17-14(18)10(2)12-7-16-8-12;/h3-5,10,12,16H,6-8H2,1-2H3,(H,17,18);1H. The van der Waals surface area contributed by atoms with Crippen LogP contribution >= 0.6 is 12.4 Å². The van der Waals surface area contributed by atoms with Crippen LogP contribution in [0.25, 0.3) is 0 Å². The first-order chi connectivity index (χ1) is 8.58. The van der Waals surface area contributed by atoms with Gasteiger partial charge in [0.1, 0.15) is 5.82 Å². The summed E-state index contributed by atoms with van der Waals surface area (Å²) in [4.78, 5) is 11.9. The number of hydrogen-bond acceptors (Lipinski definition) is 2. The zero-order valence-electron chi connectivity index (χ0n) is 11.2. The highest BCUT2D eigenvalue weighted by Crippen LogP contribution is 2.16. The fraction of sp³-hybridized carbons (Fsp3) is 0.500. The van der Waals surface area contributed by atoms with Gasteiger partial charge in [0.25, 0.3) is 0 Å². The predicted molar refractivity (Wildman–Crippen MR) is 75.8 cm³/mol. The Morgan fingerprint density at radius 1 is 1.53 bits per heavy atom. The summed E-state index contributed by atoms with van der Waals surface area (Å²) in [7, 11) is 0. The Morgan fingerprint density at radius 3 is 2.74 bits per heavy atom. The number of hydrogen-bond donors (Lipinski definition) is 2. The number of carbonyl (C=O) groups excluding carboxylic acids is 1. The van der Waals surface area contributed by atoms with Crippen molar-refractivity contribution in [1.29, 1.82) is 0 Å². The molecule has 1 unspecified atom stereocenters. The van der Waals surface area contributed by atoms with Gasteiger partial charge in [-0.25, -0.2) is 4.39 Å². The second kappa shape index (κ2) is 6.87. The lowest BCUT2D eigenvalue weighted by Crippen LogP contribution is -2.49. The Labute approximate surface area is 119 Å². The molecule has 0 spiro atoms. The number of rotatable bonds is 4. The van der Waals surface area contributed by atoms with Crippen LogP contribution in [0.1, 0.15) is 18.1 Å². The van der Waals surface area contributed by atoms with E-state index < -0.39 is 0 Å². The second-order valence-corrected chi connectivity index (χ2v) is 5.01. The number of amides is 1. The molecular formula is C14H20ClFN2O. The van der Waals surface area contributed by atoms with Crippen molar-refractivity contribution in [2.24, 2.45) is 11.8 Å². The Balaban J connectivity index is 0.00000180. The molecule has 1 atom stereocenters. The number of benzene rings is 1. The lowest BCUT2D eigenvalue weighted by atomic mass is 9.88. The van der Waals surface area contributed by atoms with E-state index in [9.17, 15) is 9.18 Å². The normalized spacial score (nSPS) is 16.2. The van der Waals surface area contributed by atoms with E-state index in [1.165, 1.54) is 6.07 Å². The minimum absolute atomic E-state index is 0. The van der Waals surface area contributed by atoms with Crippen molar-refractivity contribution < 1.29 is 9.18 Å². The van der Waals surface area contributed by atoms with Crippen molar-refractivity contribution in [3.8, 4) is 0 Å². The fourth-order valence-corrected chi connectivity index (χ4v) is 1.98. The van der Waals surface area contributed by atoms with Gasteiger partial charge < -0.3 is 10.6 Å². The van der Waals surface area contributed by atoms with Crippen LogP contribution in [0.3, 0.4) is 0 Å². The number of halogens is 2. The van der Waals surface area contributed by atoms with E-state index in [2.05, 4.69) is 10.6 Å². The molecule has 3 nitrogen and oxygen atoms in total. The van der Waals surface area contributed by atoms with Crippen LogP contribution in [0.4, 0.5) is 4.39 Å². The zero-order valence-corrected chi connectivity index (χ0v) is 12.0. The Morgan fingerprint density at radius 2 is 2.21 bits per heavy atom. The lowest BCUT2D eigenvalue weighted by Gasteiger charge is -2.31. The molecule has 1 aromatic rings. The van der Waals surface area contributed by atoms with Gasteiger partial charge in [-0.15, -0.1) is 12.4 Å². The molecule has 1 aliphatic rings. The van der Waals surface area contributed by atoms with Crippen LogP contribution in [0, 0.1) is 24.6 Å². The molecule has 106 valence electrons. The predicted octanol–water partition coefficient (Wildman–Crippen LogP) is 2.03. The largest absolute Gasteiger partial charge is 0.352 e. The summed E-state index contributed by atoms with van der Waals surface area (Å²) in [6.07, 6.45) is 0. The summed E-state index contributed by atoms with van der Waals surface area (Å²) in [5, 5.41) is 6.02. The zero-order chi connectivity index (χ0) is 13.1. The molecule has 1 saturated heterocycles. The molecule has 0 aliphatic carbocycles. The molecule has 1 heterocycles. The minimum atomic E-state index is -0.224. The summed E-state index contributed by atoms with van der Waals surface area (Å²) in [5.74, 6) is 0.266. The van der Waals surface area contributed by atoms with Gasteiger partial charge in [0, 0.05) is 12.5 Å². The van der Waals surface area contributed by atoms with E-state index in [1.807, 2.05) is 13.0 Å². The van der Waals surface area contributed by atoms with E-state index in [0.29, 0.717) is 18.0 Å². The van der Waals surface area contributed by atoms with Gasteiger partial charge in [-0.05, 0) is 43.1 Å². The lowest BCUT2D eigenvalue weighted by molar-refractivity contribution is -0.126. The molecular weight excluding hydrogens is 267 g/mol. The first-order valence-electron chi connectivity index (χ1n) is 6.31. The number of carbonyl (C=O) groups is 1. The van der Waals surface area contributed by atoms with Crippen molar-refractivity contribution in [3.05, 3.63) is 35.1 Å². The maximum absolute atomic E-state index is 13.3. The Hall–Kier alpha value is -1.13. The Bertz CT molecular complexity index is 449. The molecule has 2 rings (SSSR count). The molecule has 0 aromatic heterocycles. The molecule has 1 aliphatic heterocycles. The van der Waals surface area contributed by atoms with Crippen LogP contribution in [0.15, 0.2) is 18.2 Å². The van der Waals surface area contributed by atoms with Gasteiger partial charge in [-0.2, -0.15) is 0 Å². The van der Waals surface area contributed by atoms with Crippen molar-refractivity contribution in [1.82, 2.24) is 10.6 Å². The molecule has 1 amide bonds. The quantitative estimate of drug-likeness (QED) is 0.889. The third-order valence-electron chi connectivity index (χ3n) is 3.64. The summed E-state index contributed by atoms with van der Waals surface area (Å²) in [6, 6.07) is 5.05. The highest BCUT2D eigenvalue weighted by atomic mass is 35.5. The van der Waals surface area contributed by atoms with Crippen molar-refractivity contribution in [2.45, 2.75) is 20.4 Å². The smallest absolute Gasteiger partial charge is 0.223 e. The van der Waals surface area contributed by atoms with Gasteiger partial charge in [-0.3, -0.25) is 4.79 Å². The molecule has 1 fully saturated rings. The highest BCUT2D eigenvalue weighted by Gasteiger charge is 2.28. The van der Waals surface area contributed by atoms with Gasteiger partial charge >= 0.3 is 0 Å². The fourth-order valence-electron chi connectivity index (χ4n) is 1.98. The van der Waals surface area contributed by atoms with E-state index in [4.69, 9.17) is 0 Å². The highest BCUT2D eigenvalue weighted by molar-refractivity contribution is 5.85. The van der Waals surface area contributed by atoms with Crippen LogP contribution in [0.5, 0.6) is 0 Å². The molecule has 0 saturated carbocycles. The van der Waals surface area contributed by atoms with E-state index in [-0.39, 0.29) is 30.0 Å². The molecule has 5 heteroatoms. The van der Waals surface area contributed by atoms with Gasteiger partial charge in [-0.1, -0.05) is 19.1 Å². The van der Waals surface area contributed by atoms with E-state index in [0.717, 1.165) is 18.7 Å². The van der Waals surface area contributed by atoms with Crippen LogP contribution in [-0.4, -0.2) is 19.0 Å². The monoisotopic (exact) mass is 286 g/mol. The van der Waals surface area contributed by atoms with E-state index >= 15 is 0 Å². The van der Waals surface area contributed by atoms with Gasteiger partial charge in [0.05, 0.1) is 0 Å². The van der Waals surface area contributed by atoms with Crippen molar-refractivity contribution >= 4 is 18.3 Å². The van der Waals surface area contributed by atoms with Crippen LogP contribution in [-0.2, 0) is 11.3 Å². The molecule has 1 aromatic carbocycles. The number of aryl methyl sites for hydroxylation is 1. The molecule has 19 heavy (non-hydrogen) atoms. The van der Waals surface area contributed by atoms with Crippen LogP contribution in [0.2, 0.25) is 0 Å². The second-order valence-electron chi connectivity index (χ2n) is 5.01. The molecule has 0 radical (unpaired) electrons. The molecule has 0 bridgehead atoms. The summed E-state index contributed by atoms with van der Waals surface area (Å²) in [6.45, 7) is 5.88. The third kappa shape index (κ3) is 3.91. The summed E-state index contributed by atoms with van der Waals surface area (Å²) in [5.41, 5.74) is 1.42. The minimum Gasteiger partial charge on any atom is -0.352 e. The average Bonchev–Trinajstić information content (AvgIpc) is 2.28. The van der Waals surface area contributed by atoms with Crippen molar-refractivity contribution in [2.75, 3.05) is 13.1 Å².